The average Bonchev–Trinajstić information content (AvgIpc) is 3.54. The maximum atomic E-state index is 13.0. The number of carbonyl (C=O) groups excluding carboxylic acids is 4. The molecular formula is C24H36N4O4. The highest BCUT2D eigenvalue weighted by Crippen LogP contribution is 2.65. The fourth-order valence-corrected chi connectivity index (χ4v) is 7.34. The highest BCUT2D eigenvalue weighted by atomic mass is 16.2. The van der Waals surface area contributed by atoms with Crippen molar-refractivity contribution in [2.24, 2.45) is 11.3 Å². The lowest BCUT2D eigenvalue weighted by atomic mass is 9.49. The summed E-state index contributed by atoms with van der Waals surface area (Å²) in [4.78, 5) is 57.3. The van der Waals surface area contributed by atoms with Gasteiger partial charge in [0.05, 0.1) is 11.6 Å². The molecule has 32 heavy (non-hydrogen) atoms. The molecule has 8 nitrogen and oxygen atoms in total. The fourth-order valence-electron chi connectivity index (χ4n) is 7.34. The summed E-state index contributed by atoms with van der Waals surface area (Å²) in [6.45, 7) is 2.42. The molecule has 5 aliphatic rings. The Labute approximate surface area is 190 Å². The molecule has 2 spiro atoms. The molecule has 0 bridgehead atoms. The minimum Gasteiger partial charge on any atom is -0.322 e. The number of hydrogen-bond donors (Lipinski definition) is 0. The summed E-state index contributed by atoms with van der Waals surface area (Å²) in [6, 6.07) is -0.0555. The van der Waals surface area contributed by atoms with E-state index in [4.69, 9.17) is 0 Å². The molecule has 3 aliphatic carbocycles. The third kappa shape index (κ3) is 3.08. The van der Waals surface area contributed by atoms with E-state index < -0.39 is 6.03 Å². The SMILES string of the molecule is CCCCN1C(=O)CC(=O)N(C2CCC3(CC2)CC2(C3)[C@@H](C3CC3)N(C)C(=O)N2C)C1=O. The number of rotatable bonds is 5. The number of carbonyl (C=O) groups is 4. The van der Waals surface area contributed by atoms with Gasteiger partial charge in [0.15, 0.2) is 0 Å². The van der Waals surface area contributed by atoms with Crippen LogP contribution in [-0.2, 0) is 9.59 Å². The zero-order valence-corrected chi connectivity index (χ0v) is 19.6. The summed E-state index contributed by atoms with van der Waals surface area (Å²) in [6.07, 6.45) is 9.51. The van der Waals surface area contributed by atoms with Crippen molar-refractivity contribution in [1.82, 2.24) is 19.6 Å². The molecule has 0 aromatic heterocycles. The number of nitrogens with zero attached hydrogens (tertiary/aromatic N) is 4. The maximum absolute atomic E-state index is 13.0. The molecule has 1 atom stereocenters. The van der Waals surface area contributed by atoms with Crippen LogP contribution < -0.4 is 0 Å². The Bertz CT molecular complexity index is 837. The van der Waals surface area contributed by atoms with Crippen molar-refractivity contribution in [2.45, 2.75) is 95.2 Å². The first-order valence-corrected chi connectivity index (χ1v) is 12.4. The van der Waals surface area contributed by atoms with Gasteiger partial charge in [-0.3, -0.25) is 19.4 Å². The second kappa shape index (κ2) is 7.45. The van der Waals surface area contributed by atoms with Crippen LogP contribution in [0.1, 0.15) is 77.6 Å². The Morgan fingerprint density at radius 2 is 1.56 bits per heavy atom. The van der Waals surface area contributed by atoms with E-state index in [0.29, 0.717) is 18.5 Å². The van der Waals surface area contributed by atoms with Gasteiger partial charge in [-0.2, -0.15) is 0 Å². The van der Waals surface area contributed by atoms with Crippen LogP contribution >= 0.6 is 0 Å². The van der Waals surface area contributed by atoms with Crippen molar-refractivity contribution in [3.8, 4) is 0 Å². The van der Waals surface area contributed by atoms with E-state index in [1.807, 2.05) is 30.8 Å². The summed E-state index contributed by atoms with van der Waals surface area (Å²) in [5.41, 5.74) is 0.170. The maximum Gasteiger partial charge on any atom is 0.333 e. The molecule has 0 aromatic carbocycles. The predicted molar refractivity (Wildman–Crippen MR) is 118 cm³/mol. The quantitative estimate of drug-likeness (QED) is 0.610. The highest BCUT2D eigenvalue weighted by Gasteiger charge is 2.68. The van der Waals surface area contributed by atoms with Crippen LogP contribution in [0.15, 0.2) is 0 Å². The first-order chi connectivity index (χ1) is 15.2. The van der Waals surface area contributed by atoms with E-state index in [9.17, 15) is 19.2 Å². The van der Waals surface area contributed by atoms with Gasteiger partial charge >= 0.3 is 12.1 Å². The van der Waals surface area contributed by atoms with Crippen LogP contribution in [0.25, 0.3) is 0 Å². The Morgan fingerprint density at radius 1 is 0.906 bits per heavy atom. The number of likely N-dealkylation sites (N-methyl/N-ethyl adjacent to an activating group) is 2. The summed E-state index contributed by atoms with van der Waals surface area (Å²) < 4.78 is 0. The van der Waals surface area contributed by atoms with Gasteiger partial charge in [0, 0.05) is 26.7 Å². The molecule has 2 saturated heterocycles. The van der Waals surface area contributed by atoms with Crippen molar-refractivity contribution in [3.63, 3.8) is 0 Å². The van der Waals surface area contributed by atoms with E-state index in [1.165, 1.54) is 22.6 Å². The van der Waals surface area contributed by atoms with Gasteiger partial charge < -0.3 is 9.80 Å². The highest BCUT2D eigenvalue weighted by molar-refractivity contribution is 6.14. The van der Waals surface area contributed by atoms with Crippen molar-refractivity contribution < 1.29 is 19.2 Å². The Kier molecular flexibility index (Phi) is 5.06. The second-order valence-electron chi connectivity index (χ2n) is 11.0. The summed E-state index contributed by atoms with van der Waals surface area (Å²) in [7, 11) is 3.92. The second-order valence-corrected chi connectivity index (χ2v) is 11.0. The Morgan fingerprint density at radius 3 is 2.16 bits per heavy atom. The summed E-state index contributed by atoms with van der Waals surface area (Å²) in [5.74, 6) is -0.0600. The number of barbiturate groups is 1. The summed E-state index contributed by atoms with van der Waals surface area (Å²) in [5, 5.41) is 0. The van der Waals surface area contributed by atoms with Crippen LogP contribution in [0, 0.1) is 11.3 Å². The summed E-state index contributed by atoms with van der Waals surface area (Å²) >= 11 is 0. The van der Waals surface area contributed by atoms with Crippen LogP contribution in [-0.4, -0.2) is 81.7 Å². The molecule has 6 amide bonds. The first-order valence-electron chi connectivity index (χ1n) is 12.4. The van der Waals surface area contributed by atoms with E-state index in [2.05, 4.69) is 0 Å². The van der Waals surface area contributed by atoms with Gasteiger partial charge in [0.25, 0.3) is 0 Å². The minimum atomic E-state index is -0.415. The molecule has 0 unspecified atom stereocenters. The molecule has 0 aromatic rings. The lowest BCUT2D eigenvalue weighted by molar-refractivity contribution is -0.146. The van der Waals surface area contributed by atoms with Crippen molar-refractivity contribution in [1.29, 1.82) is 0 Å². The Balaban J connectivity index is 1.25. The fraction of sp³-hybridized carbons (Fsp3) is 0.833. The molecule has 3 saturated carbocycles. The Hall–Kier alpha value is -2.12. The van der Waals surface area contributed by atoms with Gasteiger partial charge in [0.2, 0.25) is 11.8 Å². The van der Waals surface area contributed by atoms with Gasteiger partial charge in [-0.15, -0.1) is 0 Å². The number of unbranched alkanes of at least 4 members (excludes halogenated alkanes) is 1. The molecule has 2 aliphatic heterocycles. The minimum absolute atomic E-state index is 0.0417. The molecule has 8 heteroatoms. The topological polar surface area (TPSA) is 81.2 Å². The number of hydrogen-bond acceptors (Lipinski definition) is 4. The van der Waals surface area contributed by atoms with Gasteiger partial charge in [0.1, 0.15) is 6.42 Å². The van der Waals surface area contributed by atoms with E-state index in [1.54, 1.807) is 0 Å². The van der Waals surface area contributed by atoms with E-state index in [-0.39, 0.29) is 41.3 Å². The molecular weight excluding hydrogens is 408 g/mol. The van der Waals surface area contributed by atoms with E-state index >= 15 is 0 Å². The van der Waals surface area contributed by atoms with Crippen LogP contribution in [0.4, 0.5) is 9.59 Å². The molecule has 2 heterocycles. The van der Waals surface area contributed by atoms with Crippen molar-refractivity contribution in [3.05, 3.63) is 0 Å². The number of amides is 6. The molecule has 5 rings (SSSR count). The monoisotopic (exact) mass is 444 g/mol. The van der Waals surface area contributed by atoms with Crippen molar-refractivity contribution in [2.75, 3.05) is 20.6 Å². The van der Waals surface area contributed by atoms with Gasteiger partial charge in [-0.05, 0) is 69.1 Å². The van der Waals surface area contributed by atoms with Gasteiger partial charge in [-0.25, -0.2) is 9.59 Å². The smallest absolute Gasteiger partial charge is 0.322 e. The third-order valence-corrected chi connectivity index (χ3v) is 9.08. The molecule has 0 radical (unpaired) electrons. The number of urea groups is 2. The molecule has 0 N–H and O–H groups in total. The molecule has 5 fully saturated rings. The van der Waals surface area contributed by atoms with Crippen molar-refractivity contribution >= 4 is 23.9 Å². The van der Waals surface area contributed by atoms with Gasteiger partial charge in [-0.1, -0.05) is 13.3 Å². The third-order valence-electron chi connectivity index (χ3n) is 9.08. The first kappa shape index (κ1) is 21.7. The zero-order valence-electron chi connectivity index (χ0n) is 19.6. The normalized spacial score (nSPS) is 37.8. The van der Waals surface area contributed by atoms with Crippen LogP contribution in [0.2, 0.25) is 0 Å². The van der Waals surface area contributed by atoms with Crippen LogP contribution in [0.3, 0.4) is 0 Å². The zero-order chi connectivity index (χ0) is 22.8. The lowest BCUT2D eigenvalue weighted by Crippen LogP contribution is -2.66. The standard InChI is InChI=1S/C24H36N4O4/c1-4-5-12-27-18(29)13-19(30)28(22(27)32)17-8-10-23(11-9-17)14-24(15-23)20(16-6-7-16)25(2)21(31)26(24)3/h16-17,20H,4-15H2,1-3H3/t17?,20-,23?,24?/m1/s1. The number of imide groups is 2. The predicted octanol–water partition coefficient (Wildman–Crippen LogP) is 3.20. The van der Waals surface area contributed by atoms with E-state index in [0.717, 1.165) is 51.4 Å². The average molecular weight is 445 g/mol. The van der Waals surface area contributed by atoms with Crippen LogP contribution in [0.5, 0.6) is 0 Å². The largest absolute Gasteiger partial charge is 0.333 e. The lowest BCUT2D eigenvalue weighted by Gasteiger charge is -2.61. The molecule has 176 valence electrons.